The van der Waals surface area contributed by atoms with E-state index >= 15 is 4.39 Å². The number of aromatic nitrogens is 2. The average Bonchev–Trinajstić information content (AvgIpc) is 2.97. The number of nitrogens with zero attached hydrogens (tertiary/aromatic N) is 4. The first-order valence-electron chi connectivity index (χ1n) is 9.55. The number of amides is 3. The summed E-state index contributed by atoms with van der Waals surface area (Å²) >= 11 is 0. The summed E-state index contributed by atoms with van der Waals surface area (Å²) in [6.45, 7) is 1.40. The van der Waals surface area contributed by atoms with Crippen LogP contribution in [0.3, 0.4) is 0 Å². The van der Waals surface area contributed by atoms with E-state index in [2.05, 4.69) is 10.4 Å². The second-order valence-corrected chi connectivity index (χ2v) is 7.54. The molecule has 1 aromatic carbocycles. The molecule has 30 heavy (non-hydrogen) atoms. The van der Waals surface area contributed by atoms with Crippen LogP contribution in [-0.4, -0.2) is 63.9 Å². The number of likely N-dealkylation sites (tertiary alicyclic amines) is 1. The van der Waals surface area contributed by atoms with Gasteiger partial charge < -0.3 is 5.11 Å². The Morgan fingerprint density at radius 2 is 1.97 bits per heavy atom. The monoisotopic (exact) mass is 439 g/mol. The van der Waals surface area contributed by atoms with E-state index in [0.29, 0.717) is 48.2 Å². The van der Waals surface area contributed by atoms with E-state index in [1.54, 1.807) is 17.8 Å². The summed E-state index contributed by atoms with van der Waals surface area (Å²) in [7, 11) is 1.73. The van der Waals surface area contributed by atoms with Gasteiger partial charge in [-0.05, 0) is 49.5 Å². The zero-order chi connectivity index (χ0) is 20.7. The van der Waals surface area contributed by atoms with Gasteiger partial charge in [0.15, 0.2) is 5.82 Å². The van der Waals surface area contributed by atoms with Gasteiger partial charge in [0.05, 0.1) is 12.1 Å². The summed E-state index contributed by atoms with van der Waals surface area (Å²) in [5, 5.41) is 16.1. The Balaban J connectivity index is 0.00000256. The molecule has 0 spiro atoms. The highest BCUT2D eigenvalue weighted by Crippen LogP contribution is 2.35. The Labute approximate surface area is 178 Å². The van der Waals surface area contributed by atoms with Crippen molar-refractivity contribution in [2.75, 3.05) is 31.1 Å². The van der Waals surface area contributed by atoms with Crippen LogP contribution in [0.2, 0.25) is 0 Å². The van der Waals surface area contributed by atoms with Gasteiger partial charge in [-0.15, -0.1) is 12.4 Å². The van der Waals surface area contributed by atoms with Crippen molar-refractivity contribution in [2.24, 2.45) is 7.05 Å². The summed E-state index contributed by atoms with van der Waals surface area (Å²) < 4.78 is 16.6. The van der Waals surface area contributed by atoms with E-state index in [9.17, 15) is 14.4 Å². The second-order valence-electron chi connectivity index (χ2n) is 7.54. The number of carbonyl (C=O) groups excluding carboxylic acids is 2. The van der Waals surface area contributed by atoms with Crippen LogP contribution in [-0.2, 0) is 16.6 Å². The van der Waals surface area contributed by atoms with E-state index in [-0.39, 0.29) is 49.6 Å². The van der Waals surface area contributed by atoms with Crippen molar-refractivity contribution >= 4 is 47.0 Å². The third kappa shape index (κ3) is 4.10. The minimum atomic E-state index is -0.859. The van der Waals surface area contributed by atoms with Gasteiger partial charge in [-0.3, -0.25) is 29.4 Å². The van der Waals surface area contributed by atoms with Gasteiger partial charge in [0.1, 0.15) is 5.82 Å². The lowest BCUT2D eigenvalue weighted by atomic mass is 9.88. The molecule has 2 aliphatic rings. The minimum absolute atomic E-state index is 0. The maximum absolute atomic E-state index is 15.0. The number of carboxylic acid groups (broad SMARTS) is 1. The molecule has 2 aromatic rings. The molecule has 2 saturated heterocycles. The van der Waals surface area contributed by atoms with Crippen LogP contribution in [0.25, 0.3) is 10.9 Å². The predicted octanol–water partition coefficient (Wildman–Crippen LogP) is 1.84. The number of carboxylic acids is 1. The molecule has 0 atom stereocenters. The lowest BCUT2D eigenvalue weighted by Gasteiger charge is -2.31. The lowest BCUT2D eigenvalue weighted by Crippen LogP contribution is -2.49. The summed E-state index contributed by atoms with van der Waals surface area (Å²) in [6, 6.07) is 2.61. The summed E-state index contributed by atoms with van der Waals surface area (Å²) in [5.74, 6) is -1.24. The standard InChI is InChI=1S/C19H22FN5O4.ClH/c1-23-15-9-12(11-2-5-24(6-3-11)10-17(27)28)14(20)8-13(15)18(22-23)25-7-4-16(26)21-19(25)29;/h8-9,11H,2-7,10H2,1H3,(H,27,28)(H,21,26,29);1H. The highest BCUT2D eigenvalue weighted by Gasteiger charge is 2.30. The fraction of sp³-hybridized carbons (Fsp3) is 0.474. The number of nitrogens with one attached hydrogen (secondary N) is 1. The van der Waals surface area contributed by atoms with Crippen LogP contribution in [0.1, 0.15) is 30.7 Å². The first-order chi connectivity index (χ1) is 13.8. The molecule has 2 fully saturated rings. The number of piperidine rings is 1. The molecule has 1 aromatic heterocycles. The average molecular weight is 440 g/mol. The van der Waals surface area contributed by atoms with Crippen LogP contribution in [0.4, 0.5) is 15.0 Å². The highest BCUT2D eigenvalue weighted by atomic mass is 35.5. The van der Waals surface area contributed by atoms with Crippen LogP contribution in [0.15, 0.2) is 12.1 Å². The Morgan fingerprint density at radius 1 is 1.27 bits per heavy atom. The number of carbonyl (C=O) groups is 3. The topological polar surface area (TPSA) is 108 Å². The number of fused-ring (bicyclic) bond motifs is 1. The van der Waals surface area contributed by atoms with Crippen LogP contribution in [0.5, 0.6) is 0 Å². The van der Waals surface area contributed by atoms with Crippen molar-refractivity contribution in [3.8, 4) is 0 Å². The fourth-order valence-electron chi connectivity index (χ4n) is 4.15. The summed E-state index contributed by atoms with van der Waals surface area (Å²) in [4.78, 5) is 37.6. The number of urea groups is 1. The van der Waals surface area contributed by atoms with E-state index in [4.69, 9.17) is 5.11 Å². The fourth-order valence-corrected chi connectivity index (χ4v) is 4.15. The Bertz CT molecular complexity index is 1000. The molecule has 2 N–H and O–H groups in total. The molecule has 2 aliphatic heterocycles. The van der Waals surface area contributed by atoms with Crippen LogP contribution >= 0.6 is 12.4 Å². The number of halogens is 2. The first-order valence-corrected chi connectivity index (χ1v) is 9.55. The number of anilines is 1. The van der Waals surface area contributed by atoms with Crippen molar-refractivity contribution in [1.29, 1.82) is 0 Å². The number of hydrogen-bond acceptors (Lipinski definition) is 5. The zero-order valence-electron chi connectivity index (χ0n) is 16.4. The number of rotatable bonds is 4. The van der Waals surface area contributed by atoms with Gasteiger partial charge in [-0.2, -0.15) is 5.10 Å². The number of benzene rings is 1. The maximum atomic E-state index is 15.0. The Morgan fingerprint density at radius 3 is 2.60 bits per heavy atom. The molecule has 0 saturated carbocycles. The smallest absolute Gasteiger partial charge is 0.329 e. The van der Waals surface area contributed by atoms with Crippen molar-refractivity contribution in [2.45, 2.75) is 25.2 Å². The molecular formula is C19H23ClFN5O4. The SMILES string of the molecule is Cl.Cn1nc(N2CCC(=O)NC2=O)c2cc(F)c(C3CCN(CC(=O)O)CC3)cc21. The highest BCUT2D eigenvalue weighted by molar-refractivity contribution is 6.08. The largest absolute Gasteiger partial charge is 0.480 e. The van der Waals surface area contributed by atoms with E-state index in [0.717, 1.165) is 0 Å². The molecule has 11 heteroatoms. The number of aryl methyl sites for hydroxylation is 1. The van der Waals surface area contributed by atoms with Crippen molar-refractivity contribution in [3.63, 3.8) is 0 Å². The van der Waals surface area contributed by atoms with Gasteiger partial charge in [0.2, 0.25) is 5.91 Å². The molecule has 4 rings (SSSR count). The molecule has 162 valence electrons. The molecular weight excluding hydrogens is 417 g/mol. The minimum Gasteiger partial charge on any atom is -0.480 e. The van der Waals surface area contributed by atoms with E-state index in [1.807, 2.05) is 4.90 Å². The molecule has 0 aliphatic carbocycles. The lowest BCUT2D eigenvalue weighted by molar-refractivity contribution is -0.138. The Kier molecular flexibility index (Phi) is 6.27. The predicted molar refractivity (Wildman–Crippen MR) is 109 cm³/mol. The van der Waals surface area contributed by atoms with E-state index in [1.165, 1.54) is 11.0 Å². The van der Waals surface area contributed by atoms with Crippen molar-refractivity contribution < 1.29 is 23.9 Å². The van der Waals surface area contributed by atoms with Gasteiger partial charge in [0, 0.05) is 25.4 Å². The summed E-state index contributed by atoms with van der Waals surface area (Å²) in [5.41, 5.74) is 1.29. The molecule has 9 nitrogen and oxygen atoms in total. The third-order valence-corrected chi connectivity index (χ3v) is 5.65. The molecule has 3 amide bonds. The number of hydrogen-bond donors (Lipinski definition) is 2. The first kappa shape index (κ1) is 22.0. The molecule has 0 unspecified atom stereocenters. The van der Waals surface area contributed by atoms with Crippen molar-refractivity contribution in [1.82, 2.24) is 20.0 Å². The van der Waals surface area contributed by atoms with Crippen molar-refractivity contribution in [3.05, 3.63) is 23.5 Å². The molecule has 0 radical (unpaired) electrons. The Hall–Kier alpha value is -2.72. The second kappa shape index (κ2) is 8.57. The number of aliphatic carboxylic acids is 1. The van der Waals surface area contributed by atoms with E-state index < -0.39 is 12.0 Å². The maximum Gasteiger partial charge on any atom is 0.329 e. The molecule has 0 bridgehead atoms. The molecule has 3 heterocycles. The summed E-state index contributed by atoms with van der Waals surface area (Å²) in [6.07, 6.45) is 1.52. The van der Waals surface area contributed by atoms with Crippen LogP contribution in [0, 0.1) is 5.82 Å². The van der Waals surface area contributed by atoms with Gasteiger partial charge in [0.25, 0.3) is 0 Å². The van der Waals surface area contributed by atoms with Gasteiger partial charge in [-0.1, -0.05) is 0 Å². The number of imide groups is 1. The van der Waals surface area contributed by atoms with Crippen LogP contribution < -0.4 is 10.2 Å². The van der Waals surface area contributed by atoms with Gasteiger partial charge in [-0.25, -0.2) is 9.18 Å². The third-order valence-electron chi connectivity index (χ3n) is 5.65. The quantitative estimate of drug-likeness (QED) is 0.752. The van der Waals surface area contributed by atoms with Gasteiger partial charge >= 0.3 is 12.0 Å². The normalized spacial score (nSPS) is 18.4. The zero-order valence-corrected chi connectivity index (χ0v) is 17.2.